The summed E-state index contributed by atoms with van der Waals surface area (Å²) in [5, 5.41) is 2.44. The monoisotopic (exact) mass is 531 g/mol. The van der Waals surface area contributed by atoms with Crippen LogP contribution in [0, 0.1) is 0 Å². The van der Waals surface area contributed by atoms with Gasteiger partial charge in [0.25, 0.3) is 5.91 Å². The molecule has 0 fully saturated rings. The Morgan fingerprint density at radius 2 is 1.54 bits per heavy atom. The summed E-state index contributed by atoms with van der Waals surface area (Å²) in [5.41, 5.74) is -4.43. The zero-order valence-electron chi connectivity index (χ0n) is 20.7. The minimum absolute atomic E-state index is 0.147. The van der Waals surface area contributed by atoms with Gasteiger partial charge in [0.05, 0.1) is 23.4 Å². The molecule has 3 rings (SSSR count). The molecule has 0 bridgehead atoms. The van der Waals surface area contributed by atoms with Gasteiger partial charge in [-0.05, 0) is 29.7 Å². The standard InChI is InChI=1S/C28H32F2NO5P/c1-2-3-4-5-6-12-20-36-25-19-13-16-22(21-14-8-7-9-15-21)26(25)27(32)31-24-18-11-10-17-23(24)28(29,30)37(33,34)35/h7-11,13-19H,2-6,12,20H2,1H3,(H,31,32)(H2,33,34,35). The van der Waals surface area contributed by atoms with Crippen LogP contribution in [0.4, 0.5) is 14.5 Å². The molecule has 3 aromatic carbocycles. The average Bonchev–Trinajstić information content (AvgIpc) is 2.88. The van der Waals surface area contributed by atoms with E-state index in [0.29, 0.717) is 17.9 Å². The molecule has 0 unspecified atom stereocenters. The van der Waals surface area contributed by atoms with E-state index in [9.17, 15) is 27.9 Å². The van der Waals surface area contributed by atoms with E-state index in [4.69, 9.17) is 4.74 Å². The summed E-state index contributed by atoms with van der Waals surface area (Å²) < 4.78 is 46.6. The first-order chi connectivity index (χ1) is 17.7. The van der Waals surface area contributed by atoms with Crippen LogP contribution in [0.3, 0.4) is 0 Å². The van der Waals surface area contributed by atoms with Crippen molar-refractivity contribution < 1.29 is 32.7 Å². The number of amides is 1. The number of alkyl halides is 2. The summed E-state index contributed by atoms with van der Waals surface area (Å²) in [6.45, 7) is 2.54. The van der Waals surface area contributed by atoms with Crippen molar-refractivity contribution in [3.05, 3.63) is 83.9 Å². The Balaban J connectivity index is 1.92. The number of hydrogen-bond acceptors (Lipinski definition) is 3. The quantitative estimate of drug-likeness (QED) is 0.156. The van der Waals surface area contributed by atoms with Gasteiger partial charge in [0.15, 0.2) is 0 Å². The third kappa shape index (κ3) is 7.25. The van der Waals surface area contributed by atoms with E-state index in [0.717, 1.165) is 43.7 Å². The van der Waals surface area contributed by atoms with Crippen molar-refractivity contribution in [3.63, 3.8) is 0 Å². The number of nitrogens with one attached hydrogen (secondary N) is 1. The van der Waals surface area contributed by atoms with E-state index < -0.39 is 30.4 Å². The van der Waals surface area contributed by atoms with E-state index >= 15 is 0 Å². The highest BCUT2D eigenvalue weighted by molar-refractivity contribution is 7.52. The summed E-state index contributed by atoms with van der Waals surface area (Å²) in [6, 6.07) is 18.9. The zero-order chi connectivity index (χ0) is 26.9. The molecule has 0 aliphatic rings. The predicted octanol–water partition coefficient (Wildman–Crippen LogP) is 7.57. The molecule has 0 radical (unpaired) electrons. The lowest BCUT2D eigenvalue weighted by molar-refractivity contribution is 0.0570. The minimum atomic E-state index is -5.84. The van der Waals surface area contributed by atoms with E-state index in [1.54, 1.807) is 18.2 Å². The van der Waals surface area contributed by atoms with Crippen molar-refractivity contribution in [1.29, 1.82) is 0 Å². The van der Waals surface area contributed by atoms with Crippen LogP contribution in [0.2, 0.25) is 0 Å². The molecule has 0 spiro atoms. The van der Waals surface area contributed by atoms with Gasteiger partial charge < -0.3 is 19.8 Å². The summed E-state index contributed by atoms with van der Waals surface area (Å²) in [7, 11) is -5.84. The normalized spacial score (nSPS) is 11.8. The molecule has 0 saturated heterocycles. The lowest BCUT2D eigenvalue weighted by Gasteiger charge is -2.22. The average molecular weight is 532 g/mol. The second-order valence-corrected chi connectivity index (χ2v) is 10.4. The van der Waals surface area contributed by atoms with Gasteiger partial charge in [-0.2, -0.15) is 8.78 Å². The topological polar surface area (TPSA) is 95.9 Å². The number of hydrogen-bond donors (Lipinski definition) is 3. The highest BCUT2D eigenvalue weighted by Crippen LogP contribution is 2.60. The molecular formula is C28H32F2NO5P. The van der Waals surface area contributed by atoms with Gasteiger partial charge >= 0.3 is 13.3 Å². The van der Waals surface area contributed by atoms with Crippen molar-refractivity contribution in [2.45, 2.75) is 51.1 Å². The molecule has 3 N–H and O–H groups in total. The van der Waals surface area contributed by atoms with Crippen LogP contribution in [0.15, 0.2) is 72.8 Å². The van der Waals surface area contributed by atoms with Crippen molar-refractivity contribution in [2.24, 2.45) is 0 Å². The van der Waals surface area contributed by atoms with Crippen LogP contribution in [0.5, 0.6) is 5.75 Å². The number of carbonyl (C=O) groups excluding carboxylic acids is 1. The highest BCUT2D eigenvalue weighted by atomic mass is 31.2. The number of carbonyl (C=O) groups is 1. The van der Waals surface area contributed by atoms with Crippen LogP contribution in [-0.4, -0.2) is 22.3 Å². The second-order valence-electron chi connectivity index (χ2n) is 8.75. The largest absolute Gasteiger partial charge is 0.493 e. The molecule has 0 aliphatic heterocycles. The Kier molecular flexibility index (Phi) is 9.98. The number of halogens is 2. The maximum Gasteiger partial charge on any atom is 0.399 e. The molecule has 0 aliphatic carbocycles. The van der Waals surface area contributed by atoms with Crippen LogP contribution < -0.4 is 10.1 Å². The SMILES string of the molecule is CCCCCCCCOc1cccc(-c2ccccc2)c1C(=O)Nc1ccccc1C(F)(F)P(=O)(O)O. The first-order valence-corrected chi connectivity index (χ1v) is 13.9. The molecule has 0 saturated carbocycles. The first-order valence-electron chi connectivity index (χ1n) is 12.3. The molecule has 6 nitrogen and oxygen atoms in total. The number of rotatable bonds is 13. The predicted molar refractivity (Wildman–Crippen MR) is 141 cm³/mol. The Hall–Kier alpha value is -3.06. The first kappa shape index (κ1) is 28.5. The molecule has 3 aromatic rings. The molecule has 1 amide bonds. The van der Waals surface area contributed by atoms with Gasteiger partial charge in [-0.25, -0.2) is 0 Å². The van der Waals surface area contributed by atoms with Crippen molar-refractivity contribution in [1.82, 2.24) is 0 Å². The number of benzene rings is 3. The lowest BCUT2D eigenvalue weighted by atomic mass is 9.98. The van der Waals surface area contributed by atoms with E-state index in [2.05, 4.69) is 12.2 Å². The summed E-state index contributed by atoms with van der Waals surface area (Å²) in [4.78, 5) is 32.0. The fourth-order valence-electron chi connectivity index (χ4n) is 4.00. The minimum Gasteiger partial charge on any atom is -0.493 e. The third-order valence-electron chi connectivity index (χ3n) is 5.96. The number of unbranched alkanes of at least 4 members (excludes halogenated alkanes) is 5. The van der Waals surface area contributed by atoms with Crippen molar-refractivity contribution >= 4 is 19.2 Å². The molecule has 0 aromatic heterocycles. The van der Waals surface area contributed by atoms with Crippen LogP contribution >= 0.6 is 7.60 Å². The van der Waals surface area contributed by atoms with Crippen LogP contribution in [0.1, 0.15) is 61.4 Å². The Bertz CT molecular complexity index is 1230. The molecule has 9 heteroatoms. The van der Waals surface area contributed by atoms with Crippen molar-refractivity contribution in [3.8, 4) is 16.9 Å². The smallest absolute Gasteiger partial charge is 0.399 e. The highest BCUT2D eigenvalue weighted by Gasteiger charge is 2.51. The molecular weight excluding hydrogens is 499 g/mol. The van der Waals surface area contributed by atoms with Crippen molar-refractivity contribution in [2.75, 3.05) is 11.9 Å². The van der Waals surface area contributed by atoms with Gasteiger partial charge in [-0.15, -0.1) is 0 Å². The summed E-state index contributed by atoms with van der Waals surface area (Å²) in [6.07, 6.45) is 6.39. The van der Waals surface area contributed by atoms with E-state index in [-0.39, 0.29) is 5.56 Å². The van der Waals surface area contributed by atoms with Crippen LogP contribution in [0.25, 0.3) is 11.1 Å². The Morgan fingerprint density at radius 3 is 2.24 bits per heavy atom. The molecule has 37 heavy (non-hydrogen) atoms. The molecule has 0 heterocycles. The molecule has 198 valence electrons. The van der Waals surface area contributed by atoms with Gasteiger partial charge in [0, 0.05) is 0 Å². The van der Waals surface area contributed by atoms with Crippen LogP contribution in [-0.2, 0) is 10.2 Å². The zero-order valence-corrected chi connectivity index (χ0v) is 21.6. The molecule has 0 atom stereocenters. The maximum atomic E-state index is 14.6. The van der Waals surface area contributed by atoms with E-state index in [1.807, 2.05) is 30.3 Å². The Labute approximate surface area is 215 Å². The summed E-state index contributed by atoms with van der Waals surface area (Å²) >= 11 is 0. The fourth-order valence-corrected chi connectivity index (χ4v) is 4.51. The maximum absolute atomic E-state index is 14.6. The Morgan fingerprint density at radius 1 is 0.892 bits per heavy atom. The number of para-hydroxylation sites is 1. The third-order valence-corrected chi connectivity index (χ3v) is 6.93. The van der Waals surface area contributed by atoms with Gasteiger partial charge in [-0.3, -0.25) is 9.36 Å². The lowest BCUT2D eigenvalue weighted by Crippen LogP contribution is -2.20. The number of ether oxygens (including phenoxy) is 1. The number of anilines is 1. The van der Waals surface area contributed by atoms with Gasteiger partial charge in [-0.1, -0.05) is 99.7 Å². The summed E-state index contributed by atoms with van der Waals surface area (Å²) in [5.74, 6) is -0.432. The van der Waals surface area contributed by atoms with E-state index in [1.165, 1.54) is 24.6 Å². The fraction of sp³-hybridized carbons (Fsp3) is 0.321. The van der Waals surface area contributed by atoms with Gasteiger partial charge in [0.1, 0.15) is 5.75 Å². The second kappa shape index (κ2) is 13.0. The van der Waals surface area contributed by atoms with Gasteiger partial charge in [0.2, 0.25) is 0 Å².